The normalized spacial score (nSPS) is 14.0. The number of thiophene rings is 2. The first-order chi connectivity index (χ1) is 25.9. The second kappa shape index (κ2) is 21.8. The monoisotopic (exact) mass is 821 g/mol. The highest BCUT2D eigenvalue weighted by molar-refractivity contribution is 7.31. The van der Waals surface area contributed by atoms with E-state index in [4.69, 9.17) is 4.74 Å². The van der Waals surface area contributed by atoms with E-state index in [0.29, 0.717) is 12.5 Å². The van der Waals surface area contributed by atoms with Crippen molar-refractivity contribution in [2.45, 2.75) is 87.2 Å². The van der Waals surface area contributed by atoms with Gasteiger partial charge in [-0.15, -0.1) is 34.0 Å². The number of likely N-dealkylation sites (tertiary alicyclic amines) is 2. The van der Waals surface area contributed by atoms with Crippen LogP contribution in [0.2, 0.25) is 0 Å². The fraction of sp³-hybridized carbons (Fsp3) is 0.465. The fourth-order valence-electron chi connectivity index (χ4n) is 5.83. The molecule has 8 rings (SSSR count). The van der Waals surface area contributed by atoms with E-state index in [-0.39, 0.29) is 32.6 Å². The molecule has 2 fully saturated rings. The van der Waals surface area contributed by atoms with Crippen molar-refractivity contribution in [1.29, 1.82) is 0 Å². The third kappa shape index (κ3) is 13.4. The number of aromatic nitrogens is 1. The van der Waals surface area contributed by atoms with Crippen molar-refractivity contribution in [3.05, 3.63) is 59.6 Å². The lowest BCUT2D eigenvalue weighted by Crippen LogP contribution is -2.34. The summed E-state index contributed by atoms with van der Waals surface area (Å²) in [4.78, 5) is 46.7. The molecular formula is C43H59N5O5S3. The third-order valence-corrected chi connectivity index (χ3v) is 11.8. The molecule has 13 heteroatoms. The Morgan fingerprint density at radius 2 is 1.48 bits per heavy atom. The molecule has 6 heterocycles. The van der Waals surface area contributed by atoms with E-state index in [9.17, 15) is 14.4 Å². The second-order valence-corrected chi connectivity index (χ2v) is 17.7. The molecule has 2 saturated heterocycles. The van der Waals surface area contributed by atoms with Crippen LogP contribution in [0.25, 0.3) is 40.5 Å². The molecule has 0 bridgehead atoms. The number of ether oxygens (including phenoxy) is 2. The van der Waals surface area contributed by atoms with E-state index in [2.05, 4.69) is 68.6 Å². The van der Waals surface area contributed by atoms with Crippen molar-refractivity contribution >= 4 is 84.1 Å². The summed E-state index contributed by atoms with van der Waals surface area (Å²) in [5.41, 5.74) is 7.67. The standard InChI is InChI=1S/C21H12N2S3.C9H17NO2.C6H13NO2.C5H9NO.2CH4/c1-3-15-12(5-6-22-15)7-13(1)17-9-20-21(25-17)10-18(26-20)14-2-4-16-19(8-14)24-11-23-16;1-9(2,3)12-8(11)10-6-4-5-7-10;1-5(2)4-7-6(8)9-3;7-5-6-3-1-2-4-6;;/h1-4,6-11H,5H2;4-7H2,1-3H3;5H,4H2,1-3H3,(H,7,8);5H,1-4H2;2*1H4. The van der Waals surface area contributed by atoms with E-state index in [1.807, 2.05) is 69.0 Å². The Morgan fingerprint density at radius 1 is 0.875 bits per heavy atom. The topological polar surface area (TPSA) is 113 Å². The second-order valence-electron chi connectivity index (χ2n) is 14.6. The molecule has 0 saturated carbocycles. The number of carbonyl (C=O) groups is 3. The summed E-state index contributed by atoms with van der Waals surface area (Å²) < 4.78 is 13.5. The number of nitrogens with zero attached hydrogens (tertiary/aromatic N) is 4. The van der Waals surface area contributed by atoms with Gasteiger partial charge in [-0.05, 0) is 105 Å². The van der Waals surface area contributed by atoms with Crippen LogP contribution in [-0.4, -0.2) is 85.0 Å². The number of alkyl carbamates (subject to hydrolysis) is 1. The molecule has 3 amide bonds. The zero-order valence-corrected chi connectivity index (χ0v) is 34.5. The van der Waals surface area contributed by atoms with Gasteiger partial charge in [0.1, 0.15) is 5.60 Å². The van der Waals surface area contributed by atoms with E-state index < -0.39 is 0 Å². The quantitative estimate of drug-likeness (QED) is 0.177. The average molecular weight is 822 g/mol. The van der Waals surface area contributed by atoms with Gasteiger partial charge in [-0.2, -0.15) is 0 Å². The van der Waals surface area contributed by atoms with Crippen LogP contribution >= 0.6 is 34.0 Å². The Kier molecular flexibility index (Phi) is 18.0. The molecule has 304 valence electrons. The van der Waals surface area contributed by atoms with Gasteiger partial charge in [-0.25, -0.2) is 14.6 Å². The van der Waals surface area contributed by atoms with Gasteiger partial charge in [-0.1, -0.05) is 40.8 Å². The maximum atomic E-state index is 11.4. The van der Waals surface area contributed by atoms with Gasteiger partial charge in [0.25, 0.3) is 0 Å². The minimum absolute atomic E-state index is 0. The van der Waals surface area contributed by atoms with Crippen molar-refractivity contribution in [3.8, 4) is 20.9 Å². The first-order valence-corrected chi connectivity index (χ1v) is 21.0. The van der Waals surface area contributed by atoms with Crippen LogP contribution in [-0.2, 0) is 20.7 Å². The lowest BCUT2D eigenvalue weighted by atomic mass is 10.1. The molecule has 56 heavy (non-hydrogen) atoms. The number of nitrogens with one attached hydrogen (secondary N) is 1. The Labute approximate surface area is 344 Å². The van der Waals surface area contributed by atoms with E-state index in [0.717, 1.165) is 63.1 Å². The highest BCUT2D eigenvalue weighted by Crippen LogP contribution is 2.43. The molecule has 3 aliphatic heterocycles. The molecule has 0 radical (unpaired) electrons. The van der Waals surface area contributed by atoms with Gasteiger partial charge in [0.2, 0.25) is 6.41 Å². The van der Waals surface area contributed by atoms with Gasteiger partial charge in [0.05, 0.1) is 28.5 Å². The summed E-state index contributed by atoms with van der Waals surface area (Å²) in [5, 5.41) is 2.57. The smallest absolute Gasteiger partial charge is 0.410 e. The number of methoxy groups -OCH3 is 1. The number of benzene rings is 2. The van der Waals surface area contributed by atoms with Crippen LogP contribution in [0, 0.1) is 5.92 Å². The minimum Gasteiger partial charge on any atom is -0.453 e. The Balaban J connectivity index is 0.000000235. The van der Waals surface area contributed by atoms with Crippen LogP contribution in [0.4, 0.5) is 15.3 Å². The lowest BCUT2D eigenvalue weighted by molar-refractivity contribution is -0.117. The number of amides is 3. The van der Waals surface area contributed by atoms with Gasteiger partial charge in [-0.3, -0.25) is 9.79 Å². The Morgan fingerprint density at radius 3 is 2.05 bits per heavy atom. The van der Waals surface area contributed by atoms with Crippen molar-refractivity contribution in [2.24, 2.45) is 10.9 Å². The third-order valence-electron chi connectivity index (χ3n) is 8.62. The van der Waals surface area contributed by atoms with Crippen LogP contribution in [0.3, 0.4) is 0 Å². The first-order valence-electron chi connectivity index (χ1n) is 18.4. The molecule has 5 aromatic rings. The molecule has 0 spiro atoms. The Hall–Kier alpha value is -4.33. The number of thiazole rings is 1. The van der Waals surface area contributed by atoms with E-state index >= 15 is 0 Å². The number of rotatable bonds is 5. The summed E-state index contributed by atoms with van der Waals surface area (Å²) in [7, 11) is 1.36. The summed E-state index contributed by atoms with van der Waals surface area (Å²) >= 11 is 5.45. The number of fused-ring (bicyclic) bond motifs is 3. The van der Waals surface area contributed by atoms with Crippen LogP contribution < -0.4 is 5.32 Å². The van der Waals surface area contributed by atoms with Gasteiger partial charge in [0, 0.05) is 64.5 Å². The maximum Gasteiger partial charge on any atom is 0.410 e. The van der Waals surface area contributed by atoms with E-state index in [1.54, 1.807) is 21.1 Å². The first kappa shape index (κ1) is 46.1. The highest BCUT2D eigenvalue weighted by Gasteiger charge is 2.24. The highest BCUT2D eigenvalue weighted by atomic mass is 32.1. The molecular weight excluding hydrogens is 763 g/mol. The van der Waals surface area contributed by atoms with Crippen LogP contribution in [0.1, 0.15) is 80.7 Å². The number of aliphatic imine (C=N–C) groups is 1. The van der Waals surface area contributed by atoms with Crippen molar-refractivity contribution in [1.82, 2.24) is 20.1 Å². The molecule has 0 aliphatic carbocycles. The lowest BCUT2D eigenvalue weighted by Gasteiger charge is -2.23. The van der Waals surface area contributed by atoms with Crippen molar-refractivity contribution in [3.63, 3.8) is 0 Å². The van der Waals surface area contributed by atoms with Crippen LogP contribution in [0.15, 0.2) is 59.0 Å². The Bertz CT molecular complexity index is 2000. The predicted molar refractivity (Wildman–Crippen MR) is 238 cm³/mol. The molecule has 10 nitrogen and oxygen atoms in total. The molecule has 0 unspecified atom stereocenters. The molecule has 3 aromatic heterocycles. The maximum absolute atomic E-state index is 11.4. The molecule has 2 aromatic carbocycles. The zero-order valence-electron chi connectivity index (χ0n) is 32.1. The number of hydrogen-bond acceptors (Lipinski definition) is 10. The van der Waals surface area contributed by atoms with Gasteiger partial charge in [0.15, 0.2) is 0 Å². The summed E-state index contributed by atoms with van der Waals surface area (Å²) in [6.07, 6.45) is 7.95. The summed E-state index contributed by atoms with van der Waals surface area (Å²) in [6.45, 7) is 14.1. The molecule has 0 atom stereocenters. The summed E-state index contributed by atoms with van der Waals surface area (Å²) in [6, 6.07) is 17.8. The molecule has 1 N–H and O–H groups in total. The number of hydrogen-bond donors (Lipinski definition) is 1. The minimum atomic E-state index is -0.361. The fourth-order valence-corrected chi connectivity index (χ4v) is 8.94. The zero-order chi connectivity index (χ0) is 38.7. The van der Waals surface area contributed by atoms with Crippen LogP contribution in [0.5, 0.6) is 0 Å². The average Bonchev–Trinajstić information content (AvgIpc) is 4.00. The SMILES string of the molecule is C.C.C1=Nc2ccc(-c3cc4sc(-c5ccc6ncsc6c5)cc4s3)cc2C1.CC(C)(C)OC(=O)N1CCCC1.COC(=O)NCC(C)C.O=CN1CCCC1. The largest absolute Gasteiger partial charge is 0.453 e. The van der Waals surface area contributed by atoms with Crippen molar-refractivity contribution < 1.29 is 23.9 Å². The number of carbonyl (C=O) groups excluding carboxylic acids is 3. The van der Waals surface area contributed by atoms with E-state index in [1.165, 1.54) is 60.5 Å². The summed E-state index contributed by atoms with van der Waals surface area (Å²) in [5.74, 6) is 0.476. The van der Waals surface area contributed by atoms with Crippen molar-refractivity contribution in [2.75, 3.05) is 39.8 Å². The predicted octanol–water partition coefficient (Wildman–Crippen LogP) is 11.7. The molecule has 3 aliphatic rings. The van der Waals surface area contributed by atoms with Gasteiger partial charge >= 0.3 is 12.2 Å². The van der Waals surface area contributed by atoms with Gasteiger partial charge < -0.3 is 24.6 Å².